The van der Waals surface area contributed by atoms with E-state index < -0.39 is 5.97 Å². The summed E-state index contributed by atoms with van der Waals surface area (Å²) >= 11 is 1.45. The van der Waals surface area contributed by atoms with Gasteiger partial charge in [0.2, 0.25) is 0 Å². The molecule has 1 N–H and O–H groups in total. The lowest BCUT2D eigenvalue weighted by Crippen LogP contribution is -2.05. The van der Waals surface area contributed by atoms with Crippen LogP contribution in [0, 0.1) is 0 Å². The number of thiazole rings is 1. The fourth-order valence-electron chi connectivity index (χ4n) is 2.18. The van der Waals surface area contributed by atoms with Gasteiger partial charge in [-0.25, -0.2) is 9.78 Å². The maximum atomic E-state index is 12.1. The molecule has 6 nitrogen and oxygen atoms in total. The molecule has 0 saturated heterocycles. The fraction of sp³-hybridized carbons (Fsp3) is 0.158. The number of methoxy groups -OCH3 is 2. The van der Waals surface area contributed by atoms with Gasteiger partial charge in [0.05, 0.1) is 25.5 Å². The number of benzene rings is 2. The summed E-state index contributed by atoms with van der Waals surface area (Å²) in [4.78, 5) is 16.5. The molecule has 0 bridgehead atoms. The van der Waals surface area contributed by atoms with Crippen molar-refractivity contribution in [2.24, 2.45) is 0 Å². The van der Waals surface area contributed by atoms with E-state index in [2.05, 4.69) is 10.3 Å². The van der Waals surface area contributed by atoms with Crippen LogP contribution in [0.25, 0.3) is 0 Å². The van der Waals surface area contributed by atoms with Crippen molar-refractivity contribution < 1.29 is 19.0 Å². The lowest BCUT2D eigenvalue weighted by atomic mass is 10.2. The van der Waals surface area contributed by atoms with Gasteiger partial charge in [0.1, 0.15) is 18.1 Å². The van der Waals surface area contributed by atoms with Crippen molar-refractivity contribution in [3.63, 3.8) is 0 Å². The molecule has 0 saturated carbocycles. The van der Waals surface area contributed by atoms with Crippen LogP contribution in [-0.4, -0.2) is 25.2 Å². The minimum atomic E-state index is -0.398. The molecule has 134 valence electrons. The third kappa shape index (κ3) is 4.52. The standard InChI is InChI=1S/C19H18N2O4S/c1-23-16-7-3-13(4-8-16)18(22)25-11-15-12-26-19(21-15)20-14-5-9-17(24-2)10-6-14/h3-10,12H,11H2,1-2H3,(H,20,21). The van der Waals surface area contributed by atoms with Gasteiger partial charge in [0.25, 0.3) is 0 Å². The second-order valence-electron chi connectivity index (χ2n) is 5.30. The number of carbonyl (C=O) groups is 1. The Morgan fingerprint density at radius 1 is 1.00 bits per heavy atom. The van der Waals surface area contributed by atoms with Gasteiger partial charge in [-0.05, 0) is 48.5 Å². The van der Waals surface area contributed by atoms with Crippen molar-refractivity contribution in [1.82, 2.24) is 4.98 Å². The highest BCUT2D eigenvalue weighted by molar-refractivity contribution is 7.13. The average Bonchev–Trinajstić information content (AvgIpc) is 3.14. The molecule has 26 heavy (non-hydrogen) atoms. The lowest BCUT2D eigenvalue weighted by Gasteiger charge is -2.05. The largest absolute Gasteiger partial charge is 0.497 e. The number of nitrogens with one attached hydrogen (secondary N) is 1. The molecular weight excluding hydrogens is 352 g/mol. The van der Waals surface area contributed by atoms with Crippen LogP contribution in [0.3, 0.4) is 0 Å². The summed E-state index contributed by atoms with van der Waals surface area (Å²) in [5.41, 5.74) is 2.06. The van der Waals surface area contributed by atoms with Crippen molar-refractivity contribution in [3.05, 3.63) is 65.2 Å². The predicted octanol–water partition coefficient (Wildman–Crippen LogP) is 4.26. The summed E-state index contributed by atoms with van der Waals surface area (Å²) in [6, 6.07) is 14.3. The average molecular weight is 370 g/mol. The number of hydrogen-bond acceptors (Lipinski definition) is 7. The summed E-state index contributed by atoms with van der Waals surface area (Å²) in [7, 11) is 3.20. The third-order valence-corrected chi connectivity index (χ3v) is 4.38. The van der Waals surface area contributed by atoms with E-state index in [1.54, 1.807) is 38.5 Å². The first kappa shape index (κ1) is 17.8. The fourth-order valence-corrected chi connectivity index (χ4v) is 2.89. The number of aromatic nitrogens is 1. The van der Waals surface area contributed by atoms with E-state index in [1.807, 2.05) is 29.6 Å². The summed E-state index contributed by atoms with van der Waals surface area (Å²) in [6.45, 7) is 0.117. The molecule has 0 aliphatic carbocycles. The second-order valence-corrected chi connectivity index (χ2v) is 6.16. The van der Waals surface area contributed by atoms with Gasteiger partial charge >= 0.3 is 5.97 Å². The highest BCUT2D eigenvalue weighted by Crippen LogP contribution is 2.23. The van der Waals surface area contributed by atoms with Crippen LogP contribution < -0.4 is 14.8 Å². The molecule has 0 aliphatic heterocycles. The van der Waals surface area contributed by atoms with Gasteiger partial charge < -0.3 is 19.5 Å². The van der Waals surface area contributed by atoms with Gasteiger partial charge in [-0.2, -0.15) is 0 Å². The van der Waals surface area contributed by atoms with E-state index in [1.165, 1.54) is 11.3 Å². The van der Waals surface area contributed by atoms with E-state index >= 15 is 0 Å². The molecule has 0 atom stereocenters. The Morgan fingerprint density at radius 2 is 1.62 bits per heavy atom. The Hall–Kier alpha value is -3.06. The number of esters is 1. The van der Waals surface area contributed by atoms with E-state index in [4.69, 9.17) is 14.2 Å². The van der Waals surface area contributed by atoms with Crippen LogP contribution in [0.1, 0.15) is 16.1 Å². The molecular formula is C19H18N2O4S. The molecule has 0 aliphatic rings. The van der Waals surface area contributed by atoms with Gasteiger partial charge in [0.15, 0.2) is 5.13 Å². The summed E-state index contributed by atoms with van der Waals surface area (Å²) in [6.07, 6.45) is 0. The SMILES string of the molecule is COc1ccc(Nc2nc(COC(=O)c3ccc(OC)cc3)cs2)cc1. The first-order valence-corrected chi connectivity index (χ1v) is 8.72. The monoisotopic (exact) mass is 370 g/mol. The van der Waals surface area contributed by atoms with Gasteiger partial charge in [0, 0.05) is 11.1 Å². The second kappa shape index (κ2) is 8.35. The Bertz CT molecular complexity index is 860. The topological polar surface area (TPSA) is 69.7 Å². The van der Waals surface area contributed by atoms with Gasteiger partial charge in [-0.3, -0.25) is 0 Å². The number of carbonyl (C=O) groups excluding carboxylic acids is 1. The Balaban J connectivity index is 1.54. The van der Waals surface area contributed by atoms with Crippen LogP contribution in [0.15, 0.2) is 53.9 Å². The van der Waals surface area contributed by atoms with Gasteiger partial charge in [-0.15, -0.1) is 11.3 Å². The molecule has 0 spiro atoms. The molecule has 1 heterocycles. The van der Waals surface area contributed by atoms with Crippen molar-refractivity contribution in [2.45, 2.75) is 6.61 Å². The first-order chi connectivity index (χ1) is 12.7. The Kier molecular flexibility index (Phi) is 5.70. The molecule has 0 radical (unpaired) electrons. The van der Waals surface area contributed by atoms with Crippen LogP contribution in [-0.2, 0) is 11.3 Å². The number of rotatable bonds is 7. The zero-order valence-electron chi connectivity index (χ0n) is 14.4. The minimum absolute atomic E-state index is 0.117. The van der Waals surface area contributed by atoms with Crippen LogP contribution in [0.5, 0.6) is 11.5 Å². The lowest BCUT2D eigenvalue weighted by molar-refractivity contribution is 0.0468. The third-order valence-electron chi connectivity index (χ3n) is 3.57. The Morgan fingerprint density at radius 3 is 2.23 bits per heavy atom. The van der Waals surface area contributed by atoms with E-state index in [0.717, 1.165) is 16.6 Å². The van der Waals surface area contributed by atoms with Crippen molar-refractivity contribution >= 4 is 28.1 Å². The predicted molar refractivity (Wildman–Crippen MR) is 101 cm³/mol. The van der Waals surface area contributed by atoms with Gasteiger partial charge in [-0.1, -0.05) is 0 Å². The normalized spacial score (nSPS) is 10.2. The van der Waals surface area contributed by atoms with Crippen molar-refractivity contribution in [1.29, 1.82) is 0 Å². The van der Waals surface area contributed by atoms with E-state index in [0.29, 0.717) is 17.0 Å². The molecule has 2 aromatic carbocycles. The first-order valence-electron chi connectivity index (χ1n) is 7.84. The number of anilines is 2. The van der Waals surface area contributed by atoms with E-state index in [9.17, 15) is 4.79 Å². The molecule has 7 heteroatoms. The number of hydrogen-bond donors (Lipinski definition) is 1. The molecule has 1 aromatic heterocycles. The molecule has 0 fully saturated rings. The highest BCUT2D eigenvalue weighted by Gasteiger charge is 2.09. The van der Waals surface area contributed by atoms with Crippen molar-refractivity contribution in [3.8, 4) is 11.5 Å². The summed E-state index contributed by atoms with van der Waals surface area (Å²) < 4.78 is 15.5. The zero-order valence-corrected chi connectivity index (χ0v) is 15.2. The maximum Gasteiger partial charge on any atom is 0.338 e. The van der Waals surface area contributed by atoms with Crippen LogP contribution in [0.2, 0.25) is 0 Å². The quantitative estimate of drug-likeness (QED) is 0.627. The van der Waals surface area contributed by atoms with Crippen molar-refractivity contribution in [2.75, 3.05) is 19.5 Å². The smallest absolute Gasteiger partial charge is 0.338 e. The number of nitrogens with zero attached hydrogens (tertiary/aromatic N) is 1. The highest BCUT2D eigenvalue weighted by atomic mass is 32.1. The molecule has 3 rings (SSSR count). The molecule has 0 unspecified atom stereocenters. The number of ether oxygens (including phenoxy) is 3. The minimum Gasteiger partial charge on any atom is -0.497 e. The Labute approximate surface area is 155 Å². The van der Waals surface area contributed by atoms with E-state index in [-0.39, 0.29) is 6.61 Å². The molecule has 3 aromatic rings. The summed E-state index contributed by atoms with van der Waals surface area (Å²) in [5, 5.41) is 5.79. The maximum absolute atomic E-state index is 12.1. The zero-order chi connectivity index (χ0) is 18.4. The van der Waals surface area contributed by atoms with Crippen LogP contribution >= 0.6 is 11.3 Å². The van der Waals surface area contributed by atoms with Crippen LogP contribution in [0.4, 0.5) is 10.8 Å². The molecule has 0 amide bonds. The summed E-state index contributed by atoms with van der Waals surface area (Å²) in [5.74, 6) is 1.08.